The molecule has 0 aliphatic heterocycles. The minimum absolute atomic E-state index is 0.333. The molecule has 0 heterocycles. The molecule has 0 bridgehead atoms. The standard InChI is InChI=1S/C10H13BrN2O4S/c1-7(14)12-6-10(15)18(16,17)13-9-4-2-8(11)3-5-9/h2-5,10,13,15H,6H2,1H3,(H,12,14). The van der Waals surface area contributed by atoms with Crippen molar-refractivity contribution in [1.29, 1.82) is 0 Å². The van der Waals surface area contributed by atoms with E-state index in [9.17, 15) is 18.3 Å². The van der Waals surface area contributed by atoms with Gasteiger partial charge in [-0.1, -0.05) is 15.9 Å². The van der Waals surface area contributed by atoms with Gasteiger partial charge in [0.15, 0.2) is 5.44 Å². The smallest absolute Gasteiger partial charge is 0.261 e. The van der Waals surface area contributed by atoms with Gasteiger partial charge in [0.05, 0.1) is 6.54 Å². The average Bonchev–Trinajstić information content (AvgIpc) is 2.28. The number of hydrogen-bond acceptors (Lipinski definition) is 4. The monoisotopic (exact) mass is 336 g/mol. The molecule has 3 N–H and O–H groups in total. The molecule has 0 fully saturated rings. The number of halogens is 1. The van der Waals surface area contributed by atoms with E-state index in [0.29, 0.717) is 5.69 Å². The lowest BCUT2D eigenvalue weighted by Crippen LogP contribution is -2.38. The molecule has 0 aliphatic carbocycles. The molecule has 1 aromatic carbocycles. The molecule has 1 aromatic rings. The molecule has 18 heavy (non-hydrogen) atoms. The third-order valence-electron chi connectivity index (χ3n) is 1.99. The number of hydrogen-bond donors (Lipinski definition) is 3. The topological polar surface area (TPSA) is 95.5 Å². The van der Waals surface area contributed by atoms with E-state index in [1.807, 2.05) is 0 Å². The first-order chi connectivity index (χ1) is 8.31. The highest BCUT2D eigenvalue weighted by molar-refractivity contribution is 9.10. The SMILES string of the molecule is CC(=O)NCC(O)S(=O)(=O)Nc1ccc(Br)cc1. The van der Waals surface area contributed by atoms with E-state index in [1.165, 1.54) is 6.92 Å². The highest BCUT2D eigenvalue weighted by Gasteiger charge is 2.22. The molecule has 6 nitrogen and oxygen atoms in total. The van der Waals surface area contributed by atoms with Crippen LogP contribution in [0.2, 0.25) is 0 Å². The first-order valence-corrected chi connectivity index (χ1v) is 7.35. The van der Waals surface area contributed by atoms with Crippen molar-refractivity contribution in [3.05, 3.63) is 28.7 Å². The second kappa shape index (κ2) is 6.17. The number of aliphatic hydroxyl groups excluding tert-OH is 1. The summed E-state index contributed by atoms with van der Waals surface area (Å²) in [5.41, 5.74) is -1.37. The zero-order valence-electron chi connectivity index (χ0n) is 9.55. The Bertz CT molecular complexity index is 515. The number of benzene rings is 1. The lowest BCUT2D eigenvalue weighted by atomic mass is 10.3. The summed E-state index contributed by atoms with van der Waals surface area (Å²) >= 11 is 3.22. The fourth-order valence-electron chi connectivity index (χ4n) is 1.09. The van der Waals surface area contributed by atoms with Crippen molar-refractivity contribution >= 4 is 37.5 Å². The van der Waals surface area contributed by atoms with Gasteiger partial charge < -0.3 is 10.4 Å². The molecule has 0 saturated heterocycles. The third kappa shape index (κ3) is 4.63. The fraction of sp³-hybridized carbons (Fsp3) is 0.300. The normalized spacial score (nSPS) is 12.8. The molecule has 1 atom stereocenters. The Hall–Kier alpha value is -1.12. The minimum atomic E-state index is -3.95. The van der Waals surface area contributed by atoms with Crippen LogP contribution in [0.15, 0.2) is 28.7 Å². The van der Waals surface area contributed by atoms with Crippen molar-refractivity contribution in [2.75, 3.05) is 11.3 Å². The molecular weight excluding hydrogens is 324 g/mol. The second-order valence-corrected chi connectivity index (χ2v) is 6.30. The van der Waals surface area contributed by atoms with Crippen molar-refractivity contribution in [3.63, 3.8) is 0 Å². The molecule has 0 spiro atoms. The van der Waals surface area contributed by atoms with Crippen LogP contribution < -0.4 is 10.0 Å². The summed E-state index contributed by atoms with van der Waals surface area (Å²) in [6, 6.07) is 6.43. The predicted molar refractivity (Wildman–Crippen MR) is 71.4 cm³/mol. The van der Waals surface area contributed by atoms with E-state index >= 15 is 0 Å². The van der Waals surface area contributed by atoms with E-state index in [1.54, 1.807) is 24.3 Å². The summed E-state index contributed by atoms with van der Waals surface area (Å²) in [7, 11) is -3.95. The number of rotatable bonds is 5. The van der Waals surface area contributed by atoms with Gasteiger partial charge in [-0.25, -0.2) is 8.42 Å². The van der Waals surface area contributed by atoms with Gasteiger partial charge in [0.2, 0.25) is 5.91 Å². The van der Waals surface area contributed by atoms with E-state index < -0.39 is 21.4 Å². The van der Waals surface area contributed by atoms with Crippen molar-refractivity contribution in [3.8, 4) is 0 Å². The van der Waals surface area contributed by atoms with Gasteiger partial charge in [0.1, 0.15) is 0 Å². The number of anilines is 1. The average molecular weight is 337 g/mol. The van der Waals surface area contributed by atoms with E-state index in [4.69, 9.17) is 0 Å². The Morgan fingerprint density at radius 1 is 1.39 bits per heavy atom. The van der Waals surface area contributed by atoms with E-state index in [0.717, 1.165) is 4.47 Å². The van der Waals surface area contributed by atoms with Gasteiger partial charge in [0, 0.05) is 17.1 Å². The van der Waals surface area contributed by atoms with Crippen LogP contribution in [0.5, 0.6) is 0 Å². The molecule has 0 aromatic heterocycles. The van der Waals surface area contributed by atoms with Gasteiger partial charge >= 0.3 is 0 Å². The van der Waals surface area contributed by atoms with Crippen molar-refractivity contribution in [2.45, 2.75) is 12.4 Å². The summed E-state index contributed by atoms with van der Waals surface area (Å²) in [6.07, 6.45) is 0. The highest BCUT2D eigenvalue weighted by atomic mass is 79.9. The van der Waals surface area contributed by atoms with Crippen LogP contribution in [0.3, 0.4) is 0 Å². The maximum absolute atomic E-state index is 11.7. The summed E-state index contributed by atoms with van der Waals surface area (Å²) in [5.74, 6) is -0.409. The Morgan fingerprint density at radius 3 is 2.44 bits per heavy atom. The lowest BCUT2D eigenvalue weighted by molar-refractivity contribution is -0.119. The van der Waals surface area contributed by atoms with Crippen LogP contribution in [0.4, 0.5) is 5.69 Å². The Morgan fingerprint density at radius 2 is 1.94 bits per heavy atom. The zero-order valence-corrected chi connectivity index (χ0v) is 12.0. The Kier molecular flexibility index (Phi) is 5.12. The van der Waals surface area contributed by atoms with Crippen LogP contribution >= 0.6 is 15.9 Å². The molecule has 1 unspecified atom stereocenters. The van der Waals surface area contributed by atoms with Crippen molar-refractivity contribution < 1.29 is 18.3 Å². The van der Waals surface area contributed by atoms with Crippen molar-refractivity contribution in [1.82, 2.24) is 5.32 Å². The quantitative estimate of drug-likeness (QED) is 0.735. The molecule has 0 saturated carbocycles. The Balaban J connectivity index is 2.69. The number of nitrogens with one attached hydrogen (secondary N) is 2. The summed E-state index contributed by atoms with van der Waals surface area (Å²) in [6.45, 7) is 0.878. The summed E-state index contributed by atoms with van der Waals surface area (Å²) < 4.78 is 26.4. The number of carbonyl (C=O) groups excluding carboxylic acids is 1. The van der Waals surface area contributed by atoms with Gasteiger partial charge in [-0.15, -0.1) is 0 Å². The molecular formula is C10H13BrN2O4S. The maximum atomic E-state index is 11.7. The molecule has 0 aliphatic rings. The van der Waals surface area contributed by atoms with Crippen LogP contribution in [-0.4, -0.2) is 31.4 Å². The number of sulfonamides is 1. The molecule has 0 radical (unpaired) electrons. The van der Waals surface area contributed by atoms with E-state index in [2.05, 4.69) is 26.0 Å². The number of aliphatic hydroxyl groups is 1. The lowest BCUT2D eigenvalue weighted by Gasteiger charge is -2.14. The van der Waals surface area contributed by atoms with Crippen molar-refractivity contribution in [2.24, 2.45) is 0 Å². The molecule has 1 rings (SSSR count). The molecule has 100 valence electrons. The molecule has 1 amide bonds. The van der Waals surface area contributed by atoms with Gasteiger partial charge in [-0.05, 0) is 24.3 Å². The Labute approximate surface area is 114 Å². The first kappa shape index (κ1) is 14.9. The summed E-state index contributed by atoms with van der Waals surface area (Å²) in [4.78, 5) is 10.6. The van der Waals surface area contributed by atoms with Gasteiger partial charge in [-0.3, -0.25) is 9.52 Å². The minimum Gasteiger partial charge on any atom is -0.374 e. The maximum Gasteiger partial charge on any atom is 0.261 e. The second-order valence-electron chi connectivity index (χ2n) is 3.55. The third-order valence-corrected chi connectivity index (χ3v) is 3.92. The van der Waals surface area contributed by atoms with Crippen LogP contribution in [0.1, 0.15) is 6.92 Å². The van der Waals surface area contributed by atoms with Gasteiger partial charge in [0.25, 0.3) is 10.0 Å². The number of amides is 1. The highest BCUT2D eigenvalue weighted by Crippen LogP contribution is 2.16. The fourth-order valence-corrected chi connectivity index (χ4v) is 2.26. The molecule has 8 heteroatoms. The zero-order chi connectivity index (χ0) is 13.8. The first-order valence-electron chi connectivity index (χ1n) is 5.01. The van der Waals surface area contributed by atoms with Crippen LogP contribution in [0, 0.1) is 0 Å². The largest absolute Gasteiger partial charge is 0.374 e. The van der Waals surface area contributed by atoms with Crippen LogP contribution in [0.25, 0.3) is 0 Å². The van der Waals surface area contributed by atoms with Crippen LogP contribution in [-0.2, 0) is 14.8 Å². The predicted octanol–water partition coefficient (Wildman–Crippen LogP) is 0.645. The summed E-state index contributed by atoms with van der Waals surface area (Å²) in [5, 5.41) is 11.7. The van der Waals surface area contributed by atoms with E-state index in [-0.39, 0.29) is 6.54 Å². The van der Waals surface area contributed by atoms with Gasteiger partial charge in [-0.2, -0.15) is 0 Å². The number of carbonyl (C=O) groups is 1.